The summed E-state index contributed by atoms with van der Waals surface area (Å²) in [6.45, 7) is 8.30. The molecule has 0 aromatic carbocycles. The zero-order chi connectivity index (χ0) is 15.5. The zero-order valence-corrected chi connectivity index (χ0v) is 13.9. The van der Waals surface area contributed by atoms with Crippen LogP contribution < -0.4 is 0 Å². The zero-order valence-electron chi connectivity index (χ0n) is 13.9. The number of carbonyl (C=O) groups excluding carboxylic acids is 1. The lowest BCUT2D eigenvalue weighted by atomic mass is 9.84. The maximum Gasteiger partial charge on any atom is 0.248 e. The van der Waals surface area contributed by atoms with Crippen LogP contribution in [0, 0.1) is 11.8 Å². The van der Waals surface area contributed by atoms with Crippen LogP contribution in [0.5, 0.6) is 0 Å². The highest BCUT2D eigenvalue weighted by Gasteiger charge is 2.42. The fourth-order valence-corrected chi connectivity index (χ4v) is 3.94. The number of piperidine rings is 1. The molecule has 22 heavy (non-hydrogen) atoms. The van der Waals surface area contributed by atoms with Gasteiger partial charge in [0.05, 0.1) is 12.7 Å². The van der Waals surface area contributed by atoms with E-state index in [0.717, 1.165) is 58.8 Å². The molecule has 6 nitrogen and oxygen atoms in total. The quantitative estimate of drug-likeness (QED) is 0.716. The molecular weight excluding hydrogens is 282 g/mol. The number of likely N-dealkylation sites (N-methyl/N-ethyl adjacent to an activating group) is 1. The van der Waals surface area contributed by atoms with Crippen LogP contribution >= 0.6 is 0 Å². The summed E-state index contributed by atoms with van der Waals surface area (Å²) in [7, 11) is 3.76. The summed E-state index contributed by atoms with van der Waals surface area (Å²) >= 11 is 0. The molecule has 126 valence electrons. The average molecular weight is 311 g/mol. The Morgan fingerprint density at radius 1 is 1.23 bits per heavy atom. The lowest BCUT2D eigenvalue weighted by Crippen LogP contribution is -2.51. The third-order valence-electron chi connectivity index (χ3n) is 5.46. The van der Waals surface area contributed by atoms with E-state index >= 15 is 0 Å². The molecule has 1 amide bonds. The molecule has 3 aliphatic heterocycles. The molecule has 0 aliphatic carbocycles. The number of fused-ring (bicyclic) bond motifs is 1. The minimum atomic E-state index is 0.117. The molecule has 0 aromatic heterocycles. The second-order valence-electron chi connectivity index (χ2n) is 6.96. The first kappa shape index (κ1) is 16.2. The molecule has 0 saturated carbocycles. The van der Waals surface area contributed by atoms with Crippen LogP contribution in [0.1, 0.15) is 6.42 Å². The number of hydrogen-bond donors (Lipinski definition) is 0. The van der Waals surface area contributed by atoms with Crippen molar-refractivity contribution in [1.29, 1.82) is 0 Å². The van der Waals surface area contributed by atoms with Crippen molar-refractivity contribution in [2.45, 2.75) is 12.5 Å². The van der Waals surface area contributed by atoms with Crippen molar-refractivity contribution >= 4 is 5.91 Å². The average Bonchev–Trinajstić information content (AvgIpc) is 2.92. The maximum atomic E-state index is 12.1. The van der Waals surface area contributed by atoms with Gasteiger partial charge in [0, 0.05) is 58.8 Å². The van der Waals surface area contributed by atoms with Gasteiger partial charge in [0.15, 0.2) is 0 Å². The van der Waals surface area contributed by atoms with E-state index in [1.807, 2.05) is 4.90 Å². The number of methoxy groups -OCH3 is 1. The van der Waals surface area contributed by atoms with Crippen molar-refractivity contribution in [2.24, 2.45) is 11.8 Å². The van der Waals surface area contributed by atoms with Gasteiger partial charge in [-0.2, -0.15) is 0 Å². The van der Waals surface area contributed by atoms with E-state index in [-0.39, 0.29) is 18.6 Å². The molecule has 3 rings (SSSR count). The molecule has 3 fully saturated rings. The number of likely N-dealkylation sites (tertiary alicyclic amines) is 1. The third kappa shape index (κ3) is 3.62. The summed E-state index contributed by atoms with van der Waals surface area (Å²) in [5.74, 6) is 1.24. The predicted octanol–water partition coefficient (Wildman–Crippen LogP) is -0.256. The summed E-state index contributed by atoms with van der Waals surface area (Å²) in [4.78, 5) is 18.9. The normalized spacial score (nSPS) is 33.9. The molecule has 3 aliphatic rings. The summed E-state index contributed by atoms with van der Waals surface area (Å²) in [5, 5.41) is 0. The Balaban J connectivity index is 1.54. The third-order valence-corrected chi connectivity index (χ3v) is 5.46. The van der Waals surface area contributed by atoms with Crippen molar-refractivity contribution in [1.82, 2.24) is 14.7 Å². The summed E-state index contributed by atoms with van der Waals surface area (Å²) in [6, 6.07) is 0. The van der Waals surface area contributed by atoms with E-state index in [0.29, 0.717) is 11.8 Å². The second-order valence-corrected chi connectivity index (χ2v) is 6.96. The van der Waals surface area contributed by atoms with Crippen molar-refractivity contribution in [3.8, 4) is 0 Å². The first-order chi connectivity index (χ1) is 10.7. The van der Waals surface area contributed by atoms with Crippen LogP contribution in [-0.4, -0.2) is 99.9 Å². The highest BCUT2D eigenvalue weighted by atomic mass is 16.5. The Bertz CT molecular complexity index is 385. The van der Waals surface area contributed by atoms with Crippen LogP contribution in [0.15, 0.2) is 0 Å². The second kappa shape index (κ2) is 7.25. The molecule has 0 unspecified atom stereocenters. The van der Waals surface area contributed by atoms with Gasteiger partial charge in [0.25, 0.3) is 0 Å². The standard InChI is InChI=1S/C16H29N3O3/c1-17-5-7-18(8-6-17)10-15-14-9-19(16(20)12-21-2)4-3-13(14)11-22-15/h13-15H,3-12H2,1-2H3/t13-,14-,15-/m1/s1. The van der Waals surface area contributed by atoms with E-state index in [1.165, 1.54) is 0 Å². The largest absolute Gasteiger partial charge is 0.376 e. The van der Waals surface area contributed by atoms with Crippen LogP contribution in [0.2, 0.25) is 0 Å². The fraction of sp³-hybridized carbons (Fsp3) is 0.938. The van der Waals surface area contributed by atoms with Gasteiger partial charge in [0.2, 0.25) is 5.91 Å². The molecule has 0 bridgehead atoms. The van der Waals surface area contributed by atoms with Gasteiger partial charge in [-0.3, -0.25) is 9.69 Å². The van der Waals surface area contributed by atoms with Gasteiger partial charge in [-0.25, -0.2) is 0 Å². The highest BCUT2D eigenvalue weighted by molar-refractivity contribution is 5.77. The van der Waals surface area contributed by atoms with Crippen LogP contribution in [-0.2, 0) is 14.3 Å². The Kier molecular flexibility index (Phi) is 5.33. The van der Waals surface area contributed by atoms with Crippen molar-refractivity contribution in [3.63, 3.8) is 0 Å². The Labute approximate surface area is 133 Å². The van der Waals surface area contributed by atoms with Gasteiger partial charge >= 0.3 is 0 Å². The van der Waals surface area contributed by atoms with Crippen LogP contribution in [0.25, 0.3) is 0 Å². The molecule has 6 heteroatoms. The number of carbonyl (C=O) groups is 1. The topological polar surface area (TPSA) is 45.2 Å². The number of rotatable bonds is 4. The summed E-state index contributed by atoms with van der Waals surface area (Å²) in [6.07, 6.45) is 1.35. The Hall–Kier alpha value is -0.690. The van der Waals surface area contributed by atoms with E-state index in [4.69, 9.17) is 9.47 Å². The smallest absolute Gasteiger partial charge is 0.248 e. The van der Waals surface area contributed by atoms with Crippen molar-refractivity contribution in [2.75, 3.05) is 73.2 Å². The summed E-state index contributed by atoms with van der Waals surface area (Å²) < 4.78 is 11.1. The lowest BCUT2D eigenvalue weighted by Gasteiger charge is -2.38. The number of amides is 1. The van der Waals surface area contributed by atoms with Crippen LogP contribution in [0.3, 0.4) is 0 Å². The van der Waals surface area contributed by atoms with E-state index in [2.05, 4.69) is 16.8 Å². The fourth-order valence-electron chi connectivity index (χ4n) is 3.94. The van der Waals surface area contributed by atoms with E-state index in [1.54, 1.807) is 7.11 Å². The molecule has 0 spiro atoms. The molecule has 0 N–H and O–H groups in total. The first-order valence-electron chi connectivity index (χ1n) is 8.46. The van der Waals surface area contributed by atoms with Gasteiger partial charge in [-0.1, -0.05) is 0 Å². The van der Waals surface area contributed by atoms with Gasteiger partial charge in [-0.15, -0.1) is 0 Å². The molecule has 3 saturated heterocycles. The predicted molar refractivity (Wildman–Crippen MR) is 83.7 cm³/mol. The highest BCUT2D eigenvalue weighted by Crippen LogP contribution is 2.34. The SMILES string of the molecule is COCC(=O)N1CC[C@@H]2CO[C@H](CN3CCN(C)CC3)[C@@H]2C1. The Morgan fingerprint density at radius 3 is 2.73 bits per heavy atom. The molecule has 3 heterocycles. The van der Waals surface area contributed by atoms with Crippen molar-refractivity contribution < 1.29 is 14.3 Å². The minimum absolute atomic E-state index is 0.117. The Morgan fingerprint density at radius 2 is 2.00 bits per heavy atom. The monoisotopic (exact) mass is 311 g/mol. The molecule has 3 atom stereocenters. The van der Waals surface area contributed by atoms with E-state index < -0.39 is 0 Å². The van der Waals surface area contributed by atoms with Crippen molar-refractivity contribution in [3.05, 3.63) is 0 Å². The molecule has 0 aromatic rings. The number of nitrogens with zero attached hydrogens (tertiary/aromatic N) is 3. The molecular formula is C16H29N3O3. The van der Waals surface area contributed by atoms with Gasteiger partial charge < -0.3 is 19.3 Å². The minimum Gasteiger partial charge on any atom is -0.376 e. The number of ether oxygens (including phenoxy) is 2. The van der Waals surface area contributed by atoms with Crippen LogP contribution in [0.4, 0.5) is 0 Å². The summed E-state index contributed by atoms with van der Waals surface area (Å²) in [5.41, 5.74) is 0. The lowest BCUT2D eigenvalue weighted by molar-refractivity contribution is -0.137. The van der Waals surface area contributed by atoms with E-state index in [9.17, 15) is 4.79 Å². The maximum absolute atomic E-state index is 12.1. The van der Waals surface area contributed by atoms with Gasteiger partial charge in [-0.05, 0) is 19.4 Å². The number of piperazine rings is 1. The van der Waals surface area contributed by atoms with Gasteiger partial charge in [0.1, 0.15) is 6.61 Å². The first-order valence-corrected chi connectivity index (χ1v) is 8.46. The number of hydrogen-bond acceptors (Lipinski definition) is 5. The molecule has 0 radical (unpaired) electrons.